The van der Waals surface area contributed by atoms with E-state index < -0.39 is 0 Å². The number of hydrogen-bond acceptors (Lipinski definition) is 4. The zero-order chi connectivity index (χ0) is 16.0. The van der Waals surface area contributed by atoms with Crippen molar-refractivity contribution >= 4 is 22.1 Å². The molecule has 4 nitrogen and oxygen atoms in total. The summed E-state index contributed by atoms with van der Waals surface area (Å²) >= 11 is 0. The van der Waals surface area contributed by atoms with Gasteiger partial charge in [0, 0.05) is 26.5 Å². The molecule has 0 saturated heterocycles. The highest BCUT2D eigenvalue weighted by molar-refractivity contribution is 6.04. The highest BCUT2D eigenvalue weighted by atomic mass is 16.3. The van der Waals surface area contributed by atoms with Gasteiger partial charge in [0.05, 0.1) is 5.69 Å². The van der Waals surface area contributed by atoms with Crippen LogP contribution in [0.5, 0.6) is 5.75 Å². The van der Waals surface area contributed by atoms with Crippen LogP contribution in [0.25, 0.3) is 10.8 Å². The molecule has 0 fully saturated rings. The Morgan fingerprint density at radius 3 is 2.19 bits per heavy atom. The largest absolute Gasteiger partial charge is 0.507 e. The average Bonchev–Trinajstić information content (AvgIpc) is 2.44. The van der Waals surface area contributed by atoms with E-state index >= 15 is 0 Å². The molecule has 2 aromatic rings. The van der Waals surface area contributed by atoms with E-state index in [1.807, 2.05) is 50.2 Å². The summed E-state index contributed by atoms with van der Waals surface area (Å²) in [5.74, 6) is 0.310. The van der Waals surface area contributed by atoms with Crippen LogP contribution in [0, 0.1) is 6.92 Å². The maximum absolute atomic E-state index is 10.3. The molecule has 0 heterocycles. The number of anilines is 1. The lowest BCUT2D eigenvalue weighted by Gasteiger charge is -2.19. The van der Waals surface area contributed by atoms with E-state index in [1.165, 1.54) is 6.42 Å². The Balaban J connectivity index is 0.000000677. The molecule has 0 spiro atoms. The first-order valence-electron chi connectivity index (χ1n) is 7.20. The summed E-state index contributed by atoms with van der Waals surface area (Å²) in [4.78, 5) is 1.95. The number of fused-ring (bicyclic) bond motifs is 1. The Morgan fingerprint density at radius 1 is 1.10 bits per heavy atom. The SMILES string of the molecule is CCC.CN=Nc1ccc2ccc(C)c(O)c2c1N(C)C. The standard InChI is InChI=1S/C14H17N3O.C3H8/c1-9-5-6-10-7-8-11(16-15-2)13(17(3)4)12(10)14(9)18;1-3-2/h5-8,18H,1-4H3;3H2,1-2H3. The molecule has 21 heavy (non-hydrogen) atoms. The third-order valence-electron chi connectivity index (χ3n) is 2.97. The van der Waals surface area contributed by atoms with E-state index in [4.69, 9.17) is 0 Å². The van der Waals surface area contributed by atoms with Crippen LogP contribution in [0.2, 0.25) is 0 Å². The zero-order valence-electron chi connectivity index (χ0n) is 13.8. The molecule has 0 aliphatic heterocycles. The summed E-state index contributed by atoms with van der Waals surface area (Å²) < 4.78 is 0. The van der Waals surface area contributed by atoms with Crippen LogP contribution in [0.15, 0.2) is 34.5 Å². The van der Waals surface area contributed by atoms with Crippen molar-refractivity contribution < 1.29 is 5.11 Å². The number of azo groups is 1. The number of benzene rings is 2. The third kappa shape index (κ3) is 3.72. The topological polar surface area (TPSA) is 48.2 Å². The number of phenolic OH excluding ortho intramolecular Hbond substituents is 1. The maximum atomic E-state index is 10.3. The van der Waals surface area contributed by atoms with Crippen molar-refractivity contribution in [1.82, 2.24) is 0 Å². The van der Waals surface area contributed by atoms with E-state index in [-0.39, 0.29) is 0 Å². The van der Waals surface area contributed by atoms with Crippen molar-refractivity contribution in [2.75, 3.05) is 26.0 Å². The Morgan fingerprint density at radius 2 is 1.67 bits per heavy atom. The highest BCUT2D eigenvalue weighted by Gasteiger charge is 2.14. The fraction of sp³-hybridized carbons (Fsp3) is 0.412. The lowest BCUT2D eigenvalue weighted by Crippen LogP contribution is -2.09. The van der Waals surface area contributed by atoms with Crippen LogP contribution in [0.3, 0.4) is 0 Å². The Hall–Kier alpha value is -2.10. The summed E-state index contributed by atoms with van der Waals surface area (Å²) in [5, 5.41) is 20.0. The number of rotatable bonds is 2. The van der Waals surface area contributed by atoms with Crippen molar-refractivity contribution in [2.24, 2.45) is 10.2 Å². The Bertz CT molecular complexity index is 633. The van der Waals surface area contributed by atoms with Gasteiger partial charge in [-0.1, -0.05) is 38.5 Å². The van der Waals surface area contributed by atoms with E-state index in [0.717, 1.165) is 27.7 Å². The van der Waals surface area contributed by atoms with Gasteiger partial charge < -0.3 is 10.0 Å². The lowest BCUT2D eigenvalue weighted by molar-refractivity contribution is 0.477. The zero-order valence-corrected chi connectivity index (χ0v) is 13.8. The number of hydrogen-bond donors (Lipinski definition) is 1. The van der Waals surface area contributed by atoms with Crippen LogP contribution < -0.4 is 4.90 Å². The van der Waals surface area contributed by atoms with Crippen LogP contribution in [0.1, 0.15) is 25.8 Å². The Kier molecular flexibility index (Phi) is 6.15. The van der Waals surface area contributed by atoms with Crippen molar-refractivity contribution in [3.63, 3.8) is 0 Å². The minimum Gasteiger partial charge on any atom is -0.507 e. The van der Waals surface area contributed by atoms with Gasteiger partial charge in [-0.15, -0.1) is 0 Å². The van der Waals surface area contributed by atoms with Crippen LogP contribution in [0.4, 0.5) is 11.4 Å². The van der Waals surface area contributed by atoms with Gasteiger partial charge in [0.2, 0.25) is 0 Å². The maximum Gasteiger partial charge on any atom is 0.128 e. The fourth-order valence-electron chi connectivity index (χ4n) is 2.12. The number of aromatic hydroxyl groups is 1. The van der Waals surface area contributed by atoms with Crippen molar-refractivity contribution in [1.29, 1.82) is 0 Å². The molecule has 0 atom stereocenters. The molecule has 2 aromatic carbocycles. The Labute approximate surface area is 127 Å². The number of phenols is 1. The fourth-order valence-corrected chi connectivity index (χ4v) is 2.12. The molecular formula is C17H25N3O. The molecule has 0 bridgehead atoms. The molecule has 0 radical (unpaired) electrons. The molecular weight excluding hydrogens is 262 g/mol. The first kappa shape index (κ1) is 17.0. The van der Waals surface area contributed by atoms with Crippen LogP contribution >= 0.6 is 0 Å². The molecule has 0 aromatic heterocycles. The first-order chi connectivity index (χ1) is 9.97. The van der Waals surface area contributed by atoms with E-state index in [2.05, 4.69) is 24.1 Å². The third-order valence-corrected chi connectivity index (χ3v) is 2.97. The normalized spacial score (nSPS) is 10.6. The van der Waals surface area contributed by atoms with E-state index in [1.54, 1.807) is 7.05 Å². The monoisotopic (exact) mass is 287 g/mol. The van der Waals surface area contributed by atoms with Gasteiger partial charge in [0.15, 0.2) is 0 Å². The number of nitrogens with zero attached hydrogens (tertiary/aromatic N) is 3. The molecule has 0 amide bonds. The van der Waals surface area contributed by atoms with Gasteiger partial charge in [-0.3, -0.25) is 0 Å². The smallest absolute Gasteiger partial charge is 0.128 e. The summed E-state index contributed by atoms with van der Waals surface area (Å²) in [6.45, 7) is 6.14. The molecule has 1 N–H and O–H groups in total. The van der Waals surface area contributed by atoms with Crippen molar-refractivity contribution in [2.45, 2.75) is 27.2 Å². The quantitative estimate of drug-likeness (QED) is 0.786. The summed E-state index contributed by atoms with van der Waals surface area (Å²) in [6, 6.07) is 7.79. The van der Waals surface area contributed by atoms with Gasteiger partial charge >= 0.3 is 0 Å². The van der Waals surface area contributed by atoms with Gasteiger partial charge in [-0.05, 0) is 23.9 Å². The van der Waals surface area contributed by atoms with Gasteiger partial charge in [0.25, 0.3) is 0 Å². The molecule has 4 heteroatoms. The molecule has 0 saturated carbocycles. The second-order valence-corrected chi connectivity index (χ2v) is 5.16. The number of aryl methyl sites for hydroxylation is 1. The highest BCUT2D eigenvalue weighted by Crippen LogP contribution is 2.41. The molecule has 2 rings (SSSR count). The molecule has 0 aliphatic rings. The predicted octanol–water partition coefficient (Wildman–Crippen LogP) is 5.05. The first-order valence-corrected chi connectivity index (χ1v) is 7.20. The minimum absolute atomic E-state index is 0.310. The summed E-state index contributed by atoms with van der Waals surface area (Å²) in [7, 11) is 5.51. The van der Waals surface area contributed by atoms with Crippen molar-refractivity contribution in [3.05, 3.63) is 29.8 Å². The van der Waals surface area contributed by atoms with Gasteiger partial charge in [0.1, 0.15) is 11.4 Å². The molecule has 114 valence electrons. The molecule has 0 unspecified atom stereocenters. The van der Waals surface area contributed by atoms with E-state index in [9.17, 15) is 5.11 Å². The second kappa shape index (κ2) is 7.62. The second-order valence-electron chi connectivity index (χ2n) is 5.16. The average molecular weight is 287 g/mol. The van der Waals surface area contributed by atoms with E-state index in [0.29, 0.717) is 5.75 Å². The van der Waals surface area contributed by atoms with Crippen LogP contribution in [-0.2, 0) is 0 Å². The minimum atomic E-state index is 0.310. The van der Waals surface area contributed by atoms with Crippen molar-refractivity contribution in [3.8, 4) is 5.75 Å². The predicted molar refractivity (Wildman–Crippen MR) is 91.1 cm³/mol. The summed E-state index contributed by atoms with van der Waals surface area (Å²) in [5.41, 5.74) is 2.51. The molecule has 0 aliphatic carbocycles. The van der Waals surface area contributed by atoms with Gasteiger partial charge in [-0.2, -0.15) is 10.2 Å². The lowest BCUT2D eigenvalue weighted by atomic mass is 10.0. The van der Waals surface area contributed by atoms with Gasteiger partial charge in [-0.25, -0.2) is 0 Å². The summed E-state index contributed by atoms with van der Waals surface area (Å²) in [6.07, 6.45) is 1.25. The van der Waals surface area contributed by atoms with Crippen LogP contribution in [-0.4, -0.2) is 26.2 Å².